The van der Waals surface area contributed by atoms with Crippen molar-refractivity contribution in [2.75, 3.05) is 34.5 Å². The van der Waals surface area contributed by atoms with E-state index in [9.17, 15) is 55.2 Å². The number of phenols is 3. The molecule has 5 rings (SSSR count). The van der Waals surface area contributed by atoms with Gasteiger partial charge in [0.25, 0.3) is 0 Å². The van der Waals surface area contributed by atoms with Gasteiger partial charge in [0.05, 0.1) is 34.5 Å². The van der Waals surface area contributed by atoms with E-state index in [0.29, 0.717) is 16.7 Å². The number of carbonyl (C=O) groups is 3. The summed E-state index contributed by atoms with van der Waals surface area (Å²) in [5.74, 6) is -3.32. The summed E-state index contributed by atoms with van der Waals surface area (Å²) in [7, 11) is 3.99. The van der Waals surface area contributed by atoms with Crippen LogP contribution in [0.3, 0.4) is 0 Å². The number of benzene rings is 3. The molecule has 20 heteroatoms. The number of rotatable bonds is 16. The summed E-state index contributed by atoms with van der Waals surface area (Å²) in [5, 5.41) is 83.4. The van der Waals surface area contributed by atoms with Gasteiger partial charge in [-0.3, -0.25) is 0 Å². The molecule has 8 N–H and O–H groups in total. The molecule has 0 spiro atoms. The van der Waals surface area contributed by atoms with Gasteiger partial charge in [-0.1, -0.05) is 18.2 Å². The van der Waals surface area contributed by atoms with Gasteiger partial charge in [-0.15, -0.1) is 0 Å². The smallest absolute Gasteiger partial charge is 0.333 e. The normalized spacial score (nSPS) is 26.3. The number of aliphatic hydroxyl groups is 5. The molecule has 0 saturated carbocycles. The lowest BCUT2D eigenvalue weighted by molar-refractivity contribution is -0.328. The van der Waals surface area contributed by atoms with Gasteiger partial charge in [0.1, 0.15) is 36.6 Å². The highest BCUT2D eigenvalue weighted by atomic mass is 16.8. The van der Waals surface area contributed by atoms with Crippen molar-refractivity contribution in [3.63, 3.8) is 0 Å². The maximum atomic E-state index is 13.1. The monoisotopic (exact) mass is 870 g/mol. The van der Waals surface area contributed by atoms with Crippen LogP contribution in [0.2, 0.25) is 0 Å². The molecule has 62 heavy (non-hydrogen) atoms. The van der Waals surface area contributed by atoms with Gasteiger partial charge in [-0.2, -0.15) is 0 Å². The van der Waals surface area contributed by atoms with Crippen LogP contribution in [0.15, 0.2) is 72.8 Å². The highest BCUT2D eigenvalue weighted by Crippen LogP contribution is 2.31. The Balaban J connectivity index is 1.34. The molecule has 0 aromatic heterocycles. The van der Waals surface area contributed by atoms with Crippen molar-refractivity contribution in [3.05, 3.63) is 89.5 Å². The number of hydrogen-bond donors (Lipinski definition) is 8. The lowest BCUT2D eigenvalue weighted by Crippen LogP contribution is -2.63. The van der Waals surface area contributed by atoms with E-state index in [4.69, 9.17) is 42.6 Å². The first-order valence-electron chi connectivity index (χ1n) is 18.7. The van der Waals surface area contributed by atoms with E-state index < -0.39 is 92.5 Å². The zero-order valence-corrected chi connectivity index (χ0v) is 33.3. The van der Waals surface area contributed by atoms with E-state index in [1.165, 1.54) is 94.2 Å². The molecule has 2 fully saturated rings. The second-order valence-electron chi connectivity index (χ2n) is 13.6. The van der Waals surface area contributed by atoms with Crippen molar-refractivity contribution in [1.82, 2.24) is 0 Å². The molecule has 2 aliphatic heterocycles. The zero-order chi connectivity index (χ0) is 45.1. The number of carbonyl (C=O) groups excluding carboxylic acids is 3. The van der Waals surface area contributed by atoms with Crippen LogP contribution in [0.5, 0.6) is 34.5 Å². The fourth-order valence-corrected chi connectivity index (χ4v) is 6.16. The van der Waals surface area contributed by atoms with E-state index in [0.717, 1.165) is 18.2 Å². The number of aromatic hydroxyl groups is 3. The van der Waals surface area contributed by atoms with Crippen molar-refractivity contribution < 1.29 is 97.9 Å². The Morgan fingerprint density at radius 1 is 0.548 bits per heavy atom. The van der Waals surface area contributed by atoms with Gasteiger partial charge in [0, 0.05) is 18.2 Å². The third-order valence-electron chi connectivity index (χ3n) is 9.48. The van der Waals surface area contributed by atoms with Gasteiger partial charge in [-0.25, -0.2) is 14.4 Å². The van der Waals surface area contributed by atoms with E-state index in [2.05, 4.69) is 0 Å². The quantitative estimate of drug-likeness (QED) is 0.0553. The topological polar surface area (TPSA) is 296 Å². The minimum absolute atomic E-state index is 0.111. The Morgan fingerprint density at radius 2 is 0.919 bits per heavy atom. The van der Waals surface area contributed by atoms with Gasteiger partial charge < -0.3 is 83.5 Å². The van der Waals surface area contributed by atoms with Gasteiger partial charge in [-0.05, 0) is 71.3 Å². The SMILES string of the molecule is COc1cc(/C=C/C(=O)O[C@@H]2O[C@H](CO[C@@H]3O[C@H](CO)[C@@H](O)[C@H](O)[C@H]3OC(=O)/C=C/c3ccc(O)c(OC)c3)[C@@H](O)[C@H](O)[C@H]2OC(=O)/C=C/c2ccc(O)c(OC)c2)ccc1O. The Hall–Kier alpha value is -6.23. The summed E-state index contributed by atoms with van der Waals surface area (Å²) >= 11 is 0. The molecule has 10 atom stereocenters. The van der Waals surface area contributed by atoms with Crippen molar-refractivity contribution >= 4 is 36.1 Å². The molecule has 3 aromatic rings. The number of phenolic OH excluding ortho intramolecular Hbond substituents is 3. The predicted molar refractivity (Wildman–Crippen MR) is 211 cm³/mol. The minimum Gasteiger partial charge on any atom is -0.504 e. The molecule has 0 radical (unpaired) electrons. The van der Waals surface area contributed by atoms with Crippen molar-refractivity contribution in [3.8, 4) is 34.5 Å². The van der Waals surface area contributed by atoms with E-state index in [-0.39, 0.29) is 34.5 Å². The number of aliphatic hydroxyl groups excluding tert-OH is 5. The highest BCUT2D eigenvalue weighted by Gasteiger charge is 2.51. The summed E-state index contributed by atoms with van der Waals surface area (Å²) in [6, 6.07) is 12.6. The molecule has 3 aromatic carbocycles. The van der Waals surface area contributed by atoms with Gasteiger partial charge in [0.15, 0.2) is 53.0 Å². The first-order chi connectivity index (χ1) is 29.6. The summed E-state index contributed by atoms with van der Waals surface area (Å²) in [6.07, 6.45) is -11.1. The lowest BCUT2D eigenvalue weighted by atomic mass is 9.98. The average molecular weight is 871 g/mol. The van der Waals surface area contributed by atoms with Crippen LogP contribution in [0.1, 0.15) is 16.7 Å². The van der Waals surface area contributed by atoms with E-state index in [1.807, 2.05) is 0 Å². The average Bonchev–Trinajstić information content (AvgIpc) is 3.26. The van der Waals surface area contributed by atoms with Crippen molar-refractivity contribution in [2.45, 2.75) is 61.4 Å². The van der Waals surface area contributed by atoms with Gasteiger partial charge in [0.2, 0.25) is 6.29 Å². The molecule has 2 heterocycles. The van der Waals surface area contributed by atoms with E-state index in [1.54, 1.807) is 0 Å². The van der Waals surface area contributed by atoms with Crippen LogP contribution < -0.4 is 14.2 Å². The predicted octanol–water partition coefficient (Wildman–Crippen LogP) is 0.538. The molecular weight excluding hydrogens is 824 g/mol. The molecule has 20 nitrogen and oxygen atoms in total. The third kappa shape index (κ3) is 11.8. The number of esters is 3. The Kier molecular flexibility index (Phi) is 16.3. The maximum Gasteiger partial charge on any atom is 0.333 e. The lowest BCUT2D eigenvalue weighted by Gasteiger charge is -2.43. The number of methoxy groups -OCH3 is 3. The molecule has 0 aliphatic carbocycles. The molecule has 0 amide bonds. The van der Waals surface area contributed by atoms with Crippen molar-refractivity contribution in [2.24, 2.45) is 0 Å². The van der Waals surface area contributed by atoms with Crippen LogP contribution in [0.4, 0.5) is 0 Å². The second kappa shape index (κ2) is 21.5. The van der Waals surface area contributed by atoms with Gasteiger partial charge >= 0.3 is 17.9 Å². The first-order valence-corrected chi connectivity index (χ1v) is 18.7. The highest BCUT2D eigenvalue weighted by molar-refractivity contribution is 5.89. The summed E-state index contributed by atoms with van der Waals surface area (Å²) < 4.78 is 48.6. The number of hydrogen-bond acceptors (Lipinski definition) is 20. The fourth-order valence-electron chi connectivity index (χ4n) is 6.16. The fraction of sp³-hybridized carbons (Fsp3) is 0.357. The van der Waals surface area contributed by atoms with Crippen molar-refractivity contribution in [1.29, 1.82) is 0 Å². The van der Waals surface area contributed by atoms with Crippen LogP contribution in [-0.2, 0) is 42.8 Å². The summed E-state index contributed by atoms with van der Waals surface area (Å²) in [6.45, 7) is -1.56. The van der Waals surface area contributed by atoms with Crippen LogP contribution in [0.25, 0.3) is 18.2 Å². The molecule has 2 saturated heterocycles. The third-order valence-corrected chi connectivity index (χ3v) is 9.48. The molecule has 0 bridgehead atoms. The minimum atomic E-state index is -2.01. The number of ether oxygens (including phenoxy) is 9. The zero-order valence-electron chi connectivity index (χ0n) is 33.3. The summed E-state index contributed by atoms with van der Waals surface area (Å²) in [4.78, 5) is 39.0. The molecule has 0 unspecified atom stereocenters. The first kappa shape index (κ1) is 46.8. The Labute approximate surface area is 353 Å². The molecule has 2 aliphatic rings. The standard InChI is InChI=1S/C42H46O20/c1-54-27-16-21(4-10-24(27)44)7-13-32(47)60-39-37(52)35(50)30(19-43)58-41(39)57-20-31-36(51)38(53)40(61-33(48)14-8-22-5-11-25(45)28(17-22)55-2)42(59-31)62-34(49)15-9-23-6-12-26(46)29(18-23)56-3/h4-18,30-31,35-46,50-53H,19-20H2,1-3H3/b13-7+,14-8+,15-9+/t30-,31-,35-,36-,37+,38+,39-,40-,41-,42+/m1/s1. The molecule has 334 valence electrons. The Bertz CT molecular complexity index is 2120. The Morgan fingerprint density at radius 3 is 1.32 bits per heavy atom. The van der Waals surface area contributed by atoms with Crippen LogP contribution in [0, 0.1) is 0 Å². The molecular formula is C42H46O20. The maximum absolute atomic E-state index is 13.1. The van der Waals surface area contributed by atoms with Crippen LogP contribution in [-0.4, -0.2) is 155 Å². The van der Waals surface area contributed by atoms with E-state index >= 15 is 0 Å². The van der Waals surface area contributed by atoms with Crippen LogP contribution >= 0.6 is 0 Å². The largest absolute Gasteiger partial charge is 0.504 e. The summed E-state index contributed by atoms with van der Waals surface area (Å²) in [5.41, 5.74) is 1.21. The second-order valence-corrected chi connectivity index (χ2v) is 13.6.